The number of aromatic nitrogens is 1. The van der Waals surface area contributed by atoms with Crippen LogP contribution in [0.4, 0.5) is 0 Å². The van der Waals surface area contributed by atoms with Gasteiger partial charge in [-0.15, -0.1) is 0 Å². The van der Waals surface area contributed by atoms with Gasteiger partial charge in [0.15, 0.2) is 0 Å². The number of hydrogen-bond acceptors (Lipinski definition) is 7. The van der Waals surface area contributed by atoms with Crippen molar-refractivity contribution in [3.63, 3.8) is 0 Å². The number of aromatic amines is 1. The van der Waals surface area contributed by atoms with Crippen LogP contribution in [0.1, 0.15) is 64.5 Å². The van der Waals surface area contributed by atoms with E-state index in [1.54, 1.807) is 25.2 Å². The van der Waals surface area contributed by atoms with Crippen LogP contribution in [-0.2, 0) is 9.59 Å². The fourth-order valence-corrected chi connectivity index (χ4v) is 5.96. The van der Waals surface area contributed by atoms with Crippen LogP contribution in [0.25, 0.3) is 17.9 Å². The Morgan fingerprint density at radius 2 is 1.34 bits per heavy atom. The molecule has 1 aromatic rings. The molecule has 8 bridgehead atoms. The molecule has 5 N–H and O–H groups in total. The molecule has 0 spiro atoms. The minimum absolute atomic E-state index is 0.0798. The molecule has 0 saturated carbocycles. The van der Waals surface area contributed by atoms with Crippen molar-refractivity contribution in [2.45, 2.75) is 60.3 Å². The fraction of sp³-hybridized carbons (Fsp3) is 0.265. The average Bonchev–Trinajstić information content (AvgIpc) is 3.59. The first-order chi connectivity index (χ1) is 20.8. The lowest BCUT2D eigenvalue weighted by Gasteiger charge is -2.07. The summed E-state index contributed by atoms with van der Waals surface area (Å²) in [5, 5.41) is 41.4. The quantitative estimate of drug-likeness (QED) is 0.278. The highest BCUT2D eigenvalue weighted by Crippen LogP contribution is 2.36. The van der Waals surface area contributed by atoms with Gasteiger partial charge >= 0.3 is 11.9 Å². The number of nitrogens with zero attached hydrogens (tertiary/aromatic N) is 3. The number of fused-ring (bicyclic) bond motifs is 5. The zero-order valence-electron chi connectivity index (χ0n) is 25.3. The predicted octanol–water partition coefficient (Wildman–Crippen LogP) is 5.03. The minimum Gasteiger partial charge on any atom is -0.512 e. The molecule has 0 fully saturated rings. The van der Waals surface area contributed by atoms with Crippen LogP contribution in [0, 0.1) is 6.92 Å². The van der Waals surface area contributed by atoms with Crippen LogP contribution in [-0.4, -0.2) is 54.5 Å². The summed E-state index contributed by atoms with van der Waals surface area (Å²) in [5.74, 6) is -1.91. The summed E-state index contributed by atoms with van der Waals surface area (Å²) in [7, 11) is 0. The first-order valence-electron chi connectivity index (χ1n) is 14.2. The topological polar surface area (TPSA) is 168 Å². The monoisotopic (exact) mass is 594 g/mol. The van der Waals surface area contributed by atoms with Gasteiger partial charge in [-0.2, -0.15) is 0 Å². The molecule has 10 nitrogen and oxygen atoms in total. The molecule has 4 aliphatic rings. The Morgan fingerprint density at radius 1 is 0.727 bits per heavy atom. The van der Waals surface area contributed by atoms with Gasteiger partial charge in [-0.05, 0) is 105 Å². The molecule has 0 unspecified atom stereocenters. The van der Waals surface area contributed by atoms with Crippen LogP contribution < -0.4 is 10.7 Å². The molecular weight excluding hydrogens is 560 g/mol. The molecule has 0 aliphatic carbocycles. The van der Waals surface area contributed by atoms with Crippen LogP contribution >= 0.6 is 0 Å². The second kappa shape index (κ2) is 11.4. The standard InChI is InChI=1S/C34H34N4O6/c1-15-21(7-9-31(41)42)27-14-28-22(8-10-32(43)44)16(2)24(36-28)12-29-34(20(6)40)18(4)26(38-29)13-30-33(19(5)39)17(3)25(37-30)11-23(15)35-27/h11-14,37,39-40H,5,7-10H2,1-4,6H3,(H,41,42)(H,43,44). The summed E-state index contributed by atoms with van der Waals surface area (Å²) in [6.07, 6.45) is 7.49. The van der Waals surface area contributed by atoms with E-state index in [1.165, 1.54) is 0 Å². The highest BCUT2D eigenvalue weighted by atomic mass is 16.4. The molecule has 1 aromatic heterocycles. The normalized spacial score (nSPS) is 18.8. The fourth-order valence-electron chi connectivity index (χ4n) is 5.96. The van der Waals surface area contributed by atoms with Crippen molar-refractivity contribution < 1.29 is 30.0 Å². The van der Waals surface area contributed by atoms with E-state index >= 15 is 0 Å². The maximum atomic E-state index is 11.5. The Morgan fingerprint density at radius 3 is 1.95 bits per heavy atom. The van der Waals surface area contributed by atoms with Crippen molar-refractivity contribution in [1.29, 1.82) is 0 Å². The number of allylic oxidation sites excluding steroid dienone is 10. The lowest BCUT2D eigenvalue weighted by atomic mass is 9.96. The maximum absolute atomic E-state index is 11.5. The minimum atomic E-state index is -0.937. The third kappa shape index (κ3) is 5.46. The van der Waals surface area contributed by atoms with E-state index in [9.17, 15) is 30.0 Å². The van der Waals surface area contributed by atoms with Gasteiger partial charge < -0.3 is 25.4 Å². The summed E-state index contributed by atoms with van der Waals surface area (Å²) in [4.78, 5) is 41.1. The molecule has 0 saturated heterocycles. The van der Waals surface area contributed by atoms with Crippen LogP contribution in [0.3, 0.4) is 0 Å². The number of aliphatic imine (C=N–C) groups is 3. The lowest BCUT2D eigenvalue weighted by Crippen LogP contribution is -2.14. The van der Waals surface area contributed by atoms with E-state index in [1.807, 2.05) is 33.8 Å². The van der Waals surface area contributed by atoms with Gasteiger partial charge in [0.25, 0.3) is 0 Å². The van der Waals surface area contributed by atoms with Gasteiger partial charge in [-0.1, -0.05) is 6.58 Å². The number of nitrogens with one attached hydrogen (secondary N) is 1. The maximum Gasteiger partial charge on any atom is 0.303 e. The number of aliphatic hydroxyl groups excluding tert-OH is 2. The molecule has 0 amide bonds. The number of rotatable bonds is 7. The van der Waals surface area contributed by atoms with Crippen molar-refractivity contribution in [3.05, 3.63) is 96.8 Å². The average molecular weight is 595 g/mol. The van der Waals surface area contributed by atoms with E-state index in [-0.39, 0.29) is 37.2 Å². The number of carboxylic acid groups (broad SMARTS) is 2. The Hall–Kier alpha value is -5.25. The zero-order valence-corrected chi connectivity index (χ0v) is 25.3. The Bertz CT molecular complexity index is 1980. The van der Waals surface area contributed by atoms with Crippen molar-refractivity contribution in [2.75, 3.05) is 0 Å². The number of carboxylic acids is 2. The van der Waals surface area contributed by atoms with Gasteiger partial charge in [0.1, 0.15) is 5.76 Å². The lowest BCUT2D eigenvalue weighted by molar-refractivity contribution is -0.137. The summed E-state index contributed by atoms with van der Waals surface area (Å²) in [6.45, 7) is 12.8. The smallest absolute Gasteiger partial charge is 0.303 e. The van der Waals surface area contributed by atoms with Gasteiger partial charge in [-0.3, -0.25) is 9.59 Å². The number of hydrogen-bond donors (Lipinski definition) is 5. The summed E-state index contributed by atoms with van der Waals surface area (Å²) < 4.78 is 0. The molecule has 10 heteroatoms. The van der Waals surface area contributed by atoms with Crippen molar-refractivity contribution in [1.82, 2.24) is 4.98 Å². The summed E-state index contributed by atoms with van der Waals surface area (Å²) in [6, 6.07) is 0. The third-order valence-corrected chi connectivity index (χ3v) is 8.28. The Kier molecular flexibility index (Phi) is 7.86. The van der Waals surface area contributed by atoms with Crippen molar-refractivity contribution in [3.8, 4) is 0 Å². The summed E-state index contributed by atoms with van der Waals surface area (Å²) in [5.41, 5.74) is 8.97. The number of carbonyl (C=O) groups is 2. The molecular formula is C34H34N4O6. The SMILES string of the molecule is C=C(O)c1c(C)c2[nH]c1=CC1=C(C)C(=C(C)O)C(=N1)C=C1N=C(C=C3N=C(C=2)C(C)=C3CCC(=O)O)C(CCC(=O)O)=C1C. The molecule has 0 radical (unpaired) electrons. The molecule has 5 rings (SSSR count). The van der Waals surface area contributed by atoms with E-state index in [4.69, 9.17) is 15.0 Å². The van der Waals surface area contributed by atoms with E-state index < -0.39 is 11.9 Å². The zero-order chi connectivity index (χ0) is 32.0. The van der Waals surface area contributed by atoms with Gasteiger partial charge in [0.05, 0.1) is 45.3 Å². The number of aliphatic hydroxyl groups is 2. The van der Waals surface area contributed by atoms with Crippen LogP contribution in [0.5, 0.6) is 0 Å². The number of H-pyrrole nitrogens is 1. The highest BCUT2D eigenvalue weighted by Gasteiger charge is 2.28. The highest BCUT2D eigenvalue weighted by molar-refractivity contribution is 6.24. The van der Waals surface area contributed by atoms with Crippen molar-refractivity contribution >= 4 is 47.0 Å². The van der Waals surface area contributed by atoms with E-state index in [2.05, 4.69) is 11.6 Å². The first-order valence-corrected chi connectivity index (χ1v) is 14.2. The van der Waals surface area contributed by atoms with Crippen molar-refractivity contribution in [2.24, 2.45) is 15.0 Å². The molecule has 226 valence electrons. The first kappa shape index (κ1) is 30.2. The van der Waals surface area contributed by atoms with Gasteiger partial charge in [0.2, 0.25) is 0 Å². The second-order valence-electron chi connectivity index (χ2n) is 11.2. The van der Waals surface area contributed by atoms with Gasteiger partial charge in [0, 0.05) is 29.3 Å². The van der Waals surface area contributed by atoms with E-state index in [0.29, 0.717) is 56.1 Å². The summed E-state index contributed by atoms with van der Waals surface area (Å²) >= 11 is 0. The van der Waals surface area contributed by atoms with E-state index in [0.717, 1.165) is 33.4 Å². The number of aliphatic carboxylic acids is 2. The molecule has 44 heavy (non-hydrogen) atoms. The van der Waals surface area contributed by atoms with Crippen LogP contribution in [0.15, 0.2) is 90.0 Å². The molecule has 4 aliphatic heterocycles. The molecule has 5 heterocycles. The largest absolute Gasteiger partial charge is 0.512 e. The second-order valence-corrected chi connectivity index (χ2v) is 11.2. The van der Waals surface area contributed by atoms with Crippen LogP contribution in [0.2, 0.25) is 0 Å². The Labute approximate surface area is 254 Å². The van der Waals surface area contributed by atoms with Gasteiger partial charge in [-0.25, -0.2) is 15.0 Å². The Balaban J connectivity index is 1.86. The predicted molar refractivity (Wildman–Crippen MR) is 171 cm³/mol. The molecule has 0 aromatic carbocycles. The third-order valence-electron chi connectivity index (χ3n) is 8.28. The molecule has 0 atom stereocenters.